The summed E-state index contributed by atoms with van der Waals surface area (Å²) in [5.41, 5.74) is 9.38. The first kappa shape index (κ1) is 20.7. The summed E-state index contributed by atoms with van der Waals surface area (Å²) in [4.78, 5) is 19.4. The van der Waals surface area contributed by atoms with Crippen LogP contribution < -0.4 is 10.6 Å². The maximum Gasteiger partial charge on any atom is 0.150 e. The molecule has 0 atom stereocenters. The second-order valence-corrected chi connectivity index (χ2v) is 7.58. The molecule has 4 rings (SSSR count). The Labute approximate surface area is 184 Å². The molecule has 0 saturated heterocycles. The topological polar surface area (TPSA) is 80.8 Å². The van der Waals surface area contributed by atoms with Crippen LogP contribution in [0.3, 0.4) is 0 Å². The second kappa shape index (κ2) is 8.65. The average molecular weight is 435 g/mol. The van der Waals surface area contributed by atoms with Crippen molar-refractivity contribution in [3.8, 4) is 0 Å². The van der Waals surface area contributed by atoms with Crippen LogP contribution in [0.15, 0.2) is 61.2 Å². The van der Waals surface area contributed by atoms with Crippen molar-refractivity contribution in [2.75, 3.05) is 24.7 Å². The number of allylic oxidation sites excluding steroid dienone is 1. The number of benzene rings is 1. The highest BCUT2D eigenvalue weighted by atomic mass is 35.5. The van der Waals surface area contributed by atoms with Gasteiger partial charge in [0.25, 0.3) is 0 Å². The van der Waals surface area contributed by atoms with Crippen molar-refractivity contribution >= 4 is 39.7 Å². The third kappa shape index (κ3) is 4.18. The zero-order valence-corrected chi connectivity index (χ0v) is 17.8. The molecule has 0 amide bonds. The molecule has 3 aromatic heterocycles. The van der Waals surface area contributed by atoms with E-state index in [0.717, 1.165) is 22.3 Å². The van der Waals surface area contributed by atoms with E-state index in [4.69, 9.17) is 17.3 Å². The molecule has 156 valence electrons. The largest absolute Gasteiger partial charge is 0.382 e. The minimum atomic E-state index is -0.319. The van der Waals surface area contributed by atoms with E-state index in [-0.39, 0.29) is 5.82 Å². The van der Waals surface area contributed by atoms with Gasteiger partial charge in [-0.15, -0.1) is 0 Å². The van der Waals surface area contributed by atoms with Crippen molar-refractivity contribution in [3.63, 3.8) is 0 Å². The van der Waals surface area contributed by atoms with Crippen LogP contribution >= 0.6 is 11.6 Å². The summed E-state index contributed by atoms with van der Waals surface area (Å²) in [6, 6.07) is 10.2. The van der Waals surface area contributed by atoms with Gasteiger partial charge in [0.1, 0.15) is 29.3 Å². The monoisotopic (exact) mass is 434 g/mol. The highest BCUT2D eigenvalue weighted by Gasteiger charge is 2.18. The van der Waals surface area contributed by atoms with Crippen molar-refractivity contribution in [3.05, 3.63) is 88.9 Å². The number of aromatic nitrogens is 4. The molecule has 2 N–H and O–H groups in total. The lowest BCUT2D eigenvalue weighted by Gasteiger charge is -2.18. The third-order valence-corrected chi connectivity index (χ3v) is 5.11. The summed E-state index contributed by atoms with van der Waals surface area (Å²) < 4.78 is 14.4. The number of nitrogens with two attached hydrogens (primary N) is 1. The van der Waals surface area contributed by atoms with Gasteiger partial charge in [-0.1, -0.05) is 17.7 Å². The van der Waals surface area contributed by atoms with E-state index >= 15 is 0 Å². The molecule has 31 heavy (non-hydrogen) atoms. The van der Waals surface area contributed by atoms with Gasteiger partial charge in [-0.3, -0.25) is 0 Å². The van der Waals surface area contributed by atoms with Crippen LogP contribution in [-0.4, -0.2) is 34.0 Å². The Bertz CT molecular complexity index is 1290. The quantitative estimate of drug-likeness (QED) is 0.497. The van der Waals surface area contributed by atoms with Crippen LogP contribution in [-0.2, 0) is 6.42 Å². The molecule has 3 heterocycles. The normalized spacial score (nSPS) is 11.7. The van der Waals surface area contributed by atoms with Crippen LogP contribution in [0.25, 0.3) is 16.5 Å². The summed E-state index contributed by atoms with van der Waals surface area (Å²) in [6.07, 6.45) is 7.05. The first-order valence-corrected chi connectivity index (χ1v) is 9.96. The lowest BCUT2D eigenvalue weighted by atomic mass is 9.97. The van der Waals surface area contributed by atoms with E-state index in [9.17, 15) is 4.39 Å². The van der Waals surface area contributed by atoms with Gasteiger partial charge >= 0.3 is 0 Å². The molecule has 0 fully saturated rings. The molecule has 0 aliphatic heterocycles. The molecular formula is C23H20ClFN6. The van der Waals surface area contributed by atoms with Gasteiger partial charge in [0.2, 0.25) is 0 Å². The molecule has 0 aliphatic rings. The number of hydrogen-bond donors (Lipinski definition) is 1. The number of hydrogen-bond acceptors (Lipinski definition) is 6. The first-order valence-electron chi connectivity index (χ1n) is 9.58. The Balaban J connectivity index is 1.95. The Morgan fingerprint density at radius 1 is 1.10 bits per heavy atom. The number of fused-ring (bicyclic) bond motifs is 1. The SMILES string of the molecule is CN(C)c1ncccc1/C(=C\Cc1cc(Cl)ccc1F)c1ncnc2c(N)nccc12. The number of nitrogens with zero attached hydrogens (tertiary/aromatic N) is 5. The fourth-order valence-corrected chi connectivity index (χ4v) is 3.63. The maximum absolute atomic E-state index is 14.4. The van der Waals surface area contributed by atoms with Crippen molar-refractivity contribution < 1.29 is 4.39 Å². The summed E-state index contributed by atoms with van der Waals surface area (Å²) in [5.74, 6) is 0.759. The molecule has 8 heteroatoms. The summed E-state index contributed by atoms with van der Waals surface area (Å²) in [6.45, 7) is 0. The van der Waals surface area contributed by atoms with Crippen LogP contribution in [0.2, 0.25) is 5.02 Å². The second-order valence-electron chi connectivity index (χ2n) is 7.14. The highest BCUT2D eigenvalue weighted by Crippen LogP contribution is 2.33. The van der Waals surface area contributed by atoms with Crippen LogP contribution in [0, 0.1) is 5.82 Å². The minimum absolute atomic E-state index is 0.315. The Hall–Kier alpha value is -3.58. The Kier molecular flexibility index (Phi) is 5.77. The molecular weight excluding hydrogens is 415 g/mol. The lowest BCUT2D eigenvalue weighted by Crippen LogP contribution is -2.13. The standard InChI is InChI=1S/C23H20ClFN6/c1-31(2)23-17(4-3-10-28-23)16(7-5-14-12-15(24)6-8-19(14)25)20-18-9-11-27-22(26)21(18)30-13-29-20/h3-4,6-13H,5H2,1-2H3,(H2,26,27)/b16-7+. The molecule has 0 unspecified atom stereocenters. The van der Waals surface area contributed by atoms with Crippen LogP contribution in [0.5, 0.6) is 0 Å². The van der Waals surface area contributed by atoms with Gasteiger partial charge in [0.05, 0.1) is 5.69 Å². The van der Waals surface area contributed by atoms with Gasteiger partial charge in [-0.25, -0.2) is 24.3 Å². The Morgan fingerprint density at radius 2 is 1.94 bits per heavy atom. The zero-order valence-electron chi connectivity index (χ0n) is 17.0. The average Bonchev–Trinajstić information content (AvgIpc) is 2.77. The molecule has 1 aromatic carbocycles. The Morgan fingerprint density at radius 3 is 2.74 bits per heavy atom. The number of pyridine rings is 2. The predicted octanol–water partition coefficient (Wildman–Crippen LogP) is 4.53. The number of rotatable bonds is 5. The van der Waals surface area contributed by atoms with Gasteiger partial charge < -0.3 is 10.6 Å². The molecule has 0 spiro atoms. The summed E-state index contributed by atoms with van der Waals surface area (Å²) >= 11 is 6.08. The molecule has 4 aromatic rings. The van der Waals surface area contributed by atoms with E-state index in [1.165, 1.54) is 18.5 Å². The van der Waals surface area contributed by atoms with Gasteiger partial charge in [0, 0.05) is 48.0 Å². The number of anilines is 2. The maximum atomic E-state index is 14.4. The molecule has 0 saturated carbocycles. The highest BCUT2D eigenvalue weighted by molar-refractivity contribution is 6.30. The van der Waals surface area contributed by atoms with E-state index in [2.05, 4.69) is 19.9 Å². The fourth-order valence-electron chi connectivity index (χ4n) is 3.43. The smallest absolute Gasteiger partial charge is 0.150 e. The van der Waals surface area contributed by atoms with Gasteiger partial charge in [0.15, 0.2) is 0 Å². The van der Waals surface area contributed by atoms with E-state index in [1.807, 2.05) is 43.3 Å². The minimum Gasteiger partial charge on any atom is -0.382 e. The number of halogens is 2. The lowest BCUT2D eigenvalue weighted by molar-refractivity contribution is 0.615. The molecule has 0 bridgehead atoms. The molecule has 6 nitrogen and oxygen atoms in total. The van der Waals surface area contributed by atoms with Crippen LogP contribution in [0.4, 0.5) is 16.0 Å². The van der Waals surface area contributed by atoms with Crippen LogP contribution in [0.1, 0.15) is 16.8 Å². The zero-order chi connectivity index (χ0) is 22.0. The molecule has 0 radical (unpaired) electrons. The van der Waals surface area contributed by atoms with Crippen molar-refractivity contribution in [2.24, 2.45) is 0 Å². The van der Waals surface area contributed by atoms with Crippen molar-refractivity contribution in [1.29, 1.82) is 0 Å². The van der Waals surface area contributed by atoms with E-state index in [0.29, 0.717) is 34.0 Å². The predicted molar refractivity (Wildman–Crippen MR) is 123 cm³/mol. The van der Waals surface area contributed by atoms with E-state index in [1.54, 1.807) is 18.5 Å². The van der Waals surface area contributed by atoms with Crippen molar-refractivity contribution in [2.45, 2.75) is 6.42 Å². The summed E-state index contributed by atoms with van der Waals surface area (Å²) in [7, 11) is 3.83. The van der Waals surface area contributed by atoms with E-state index < -0.39 is 0 Å². The van der Waals surface area contributed by atoms with Gasteiger partial charge in [-0.05, 0) is 48.4 Å². The first-order chi connectivity index (χ1) is 15.0. The number of nitrogen functional groups attached to an aromatic ring is 1. The van der Waals surface area contributed by atoms with Crippen molar-refractivity contribution in [1.82, 2.24) is 19.9 Å². The fraction of sp³-hybridized carbons (Fsp3) is 0.130. The molecule has 0 aliphatic carbocycles. The third-order valence-electron chi connectivity index (χ3n) is 4.87. The summed E-state index contributed by atoms with van der Waals surface area (Å²) in [5, 5.41) is 1.23. The van der Waals surface area contributed by atoms with Gasteiger partial charge in [-0.2, -0.15) is 0 Å².